The normalized spacial score (nSPS) is 19.2. The van der Waals surface area contributed by atoms with Gasteiger partial charge >= 0.3 is 6.09 Å². The highest BCUT2D eigenvalue weighted by atomic mass is 16.6. The molecule has 0 bridgehead atoms. The zero-order chi connectivity index (χ0) is 31.3. The monoisotopic (exact) mass is 602 g/mol. The average Bonchev–Trinajstić information content (AvgIpc) is 3.60. The number of imidazole rings is 1. The van der Waals surface area contributed by atoms with E-state index in [-0.39, 0.29) is 25.3 Å². The predicted octanol–water partition coefficient (Wildman–Crippen LogP) is 3.64. The van der Waals surface area contributed by atoms with Crippen LogP contribution in [-0.4, -0.2) is 69.7 Å². The Morgan fingerprint density at radius 3 is 2.50 bits per heavy atom. The fraction of sp³-hybridized carbons (Fsp3) is 0.455. The van der Waals surface area contributed by atoms with Crippen LogP contribution < -0.4 is 16.4 Å². The molecule has 1 saturated heterocycles. The third-order valence-electron chi connectivity index (χ3n) is 8.22. The van der Waals surface area contributed by atoms with Crippen molar-refractivity contribution in [2.24, 2.45) is 11.7 Å². The fourth-order valence-electron chi connectivity index (χ4n) is 5.55. The Labute approximate surface area is 258 Å². The van der Waals surface area contributed by atoms with Gasteiger partial charge in [0, 0.05) is 25.7 Å². The number of carbonyl (C=O) groups is 3. The Bertz CT molecular complexity index is 1440. The molecule has 0 unspecified atom stereocenters. The SMILES string of the molecule is CC1CCN(C(=O)O[C@@H]2Cc3ccccc3[C@@H]2n2cnc(NC(=O)[C@@H](COCc3ccccc3)NC(=O)C(C)(C)N)c2)CC1. The largest absolute Gasteiger partial charge is 0.443 e. The van der Waals surface area contributed by atoms with Gasteiger partial charge in [-0.3, -0.25) is 9.59 Å². The third kappa shape index (κ3) is 7.64. The number of anilines is 1. The van der Waals surface area contributed by atoms with Crippen molar-refractivity contribution in [3.05, 3.63) is 83.8 Å². The highest BCUT2D eigenvalue weighted by Crippen LogP contribution is 2.37. The second kappa shape index (κ2) is 13.6. The van der Waals surface area contributed by atoms with Crippen LogP contribution in [0, 0.1) is 5.92 Å². The Morgan fingerprint density at radius 1 is 1.07 bits per heavy atom. The number of hydrogen-bond donors (Lipinski definition) is 3. The average molecular weight is 603 g/mol. The number of benzene rings is 2. The predicted molar refractivity (Wildman–Crippen MR) is 166 cm³/mol. The summed E-state index contributed by atoms with van der Waals surface area (Å²) in [7, 11) is 0. The molecule has 5 rings (SSSR count). The number of carbonyl (C=O) groups excluding carboxylic acids is 3. The standard InChI is InChI=1S/C33H42N6O5/c1-22-13-15-38(16-14-22)32(42)44-27-17-24-11-7-8-12-25(24)29(27)39-18-28(35-21-39)37-30(40)26(36-31(41)33(2,3)34)20-43-19-23-9-5-4-6-10-23/h4-12,18,21-22,26-27,29H,13-17,19-20,34H2,1-3H3,(H,36,41)(H,37,40)/t26-,27-,29+/m1/s1. The molecule has 234 valence electrons. The minimum absolute atomic E-state index is 0.0629. The summed E-state index contributed by atoms with van der Waals surface area (Å²) >= 11 is 0. The summed E-state index contributed by atoms with van der Waals surface area (Å²) in [6, 6.07) is 16.2. The van der Waals surface area contributed by atoms with Gasteiger partial charge in [0.1, 0.15) is 12.1 Å². The van der Waals surface area contributed by atoms with E-state index < -0.39 is 29.5 Å². The van der Waals surface area contributed by atoms with Gasteiger partial charge in [0.25, 0.3) is 5.91 Å². The van der Waals surface area contributed by atoms with Crippen LogP contribution in [0.1, 0.15) is 56.3 Å². The molecule has 1 aliphatic carbocycles. The molecule has 1 aromatic heterocycles. The first-order valence-electron chi connectivity index (χ1n) is 15.2. The summed E-state index contributed by atoms with van der Waals surface area (Å²) in [6.45, 7) is 6.94. The molecule has 2 heterocycles. The summed E-state index contributed by atoms with van der Waals surface area (Å²) in [5.41, 5.74) is 7.87. The number of rotatable bonds is 10. The fourth-order valence-corrected chi connectivity index (χ4v) is 5.55. The highest BCUT2D eigenvalue weighted by Gasteiger charge is 2.38. The first kappa shape index (κ1) is 31.2. The molecular weight excluding hydrogens is 560 g/mol. The van der Waals surface area contributed by atoms with Gasteiger partial charge in [0.15, 0.2) is 5.82 Å². The quantitative estimate of drug-likeness (QED) is 0.322. The lowest BCUT2D eigenvalue weighted by Gasteiger charge is -2.31. The van der Waals surface area contributed by atoms with Crippen molar-refractivity contribution < 1.29 is 23.9 Å². The van der Waals surface area contributed by atoms with Crippen molar-refractivity contribution in [3.8, 4) is 0 Å². The van der Waals surface area contributed by atoms with Gasteiger partial charge in [-0.15, -0.1) is 0 Å². The van der Waals surface area contributed by atoms with Crippen LogP contribution in [0.2, 0.25) is 0 Å². The third-order valence-corrected chi connectivity index (χ3v) is 8.22. The van der Waals surface area contributed by atoms with Gasteiger partial charge < -0.3 is 35.3 Å². The van der Waals surface area contributed by atoms with Gasteiger partial charge in [-0.05, 0) is 49.3 Å². The van der Waals surface area contributed by atoms with E-state index in [9.17, 15) is 14.4 Å². The van der Waals surface area contributed by atoms with Crippen LogP contribution in [0.25, 0.3) is 0 Å². The molecule has 3 atom stereocenters. The van der Waals surface area contributed by atoms with Crippen LogP contribution in [0.5, 0.6) is 0 Å². The smallest absolute Gasteiger partial charge is 0.410 e. The number of fused-ring (bicyclic) bond motifs is 1. The van der Waals surface area contributed by atoms with Crippen molar-refractivity contribution in [1.82, 2.24) is 19.8 Å². The highest BCUT2D eigenvalue weighted by molar-refractivity contribution is 5.98. The van der Waals surface area contributed by atoms with Gasteiger partial charge in [0.2, 0.25) is 5.91 Å². The lowest BCUT2D eigenvalue weighted by atomic mass is 10.00. The van der Waals surface area contributed by atoms with E-state index in [0.29, 0.717) is 31.2 Å². The van der Waals surface area contributed by atoms with E-state index in [1.54, 1.807) is 31.3 Å². The Hall–Kier alpha value is -4.22. The number of nitrogens with one attached hydrogen (secondary N) is 2. The molecule has 3 amide bonds. The summed E-state index contributed by atoms with van der Waals surface area (Å²) in [4.78, 5) is 45.4. The Kier molecular flexibility index (Phi) is 9.65. The van der Waals surface area contributed by atoms with Crippen LogP contribution in [-0.2, 0) is 32.1 Å². The second-order valence-corrected chi connectivity index (χ2v) is 12.4. The van der Waals surface area contributed by atoms with Crippen LogP contribution in [0.4, 0.5) is 10.6 Å². The number of piperidine rings is 1. The minimum atomic E-state index is -1.19. The zero-order valence-corrected chi connectivity index (χ0v) is 25.6. The van der Waals surface area contributed by atoms with Crippen molar-refractivity contribution in [2.45, 2.75) is 70.4 Å². The molecule has 11 heteroatoms. The number of ether oxygens (including phenoxy) is 2. The van der Waals surface area contributed by atoms with Gasteiger partial charge in [0.05, 0.1) is 31.1 Å². The molecule has 0 spiro atoms. The maximum atomic E-state index is 13.4. The Morgan fingerprint density at radius 2 is 1.77 bits per heavy atom. The van der Waals surface area contributed by atoms with Crippen molar-refractivity contribution >= 4 is 23.7 Å². The van der Waals surface area contributed by atoms with Crippen molar-refractivity contribution in [2.75, 3.05) is 25.0 Å². The summed E-state index contributed by atoms with van der Waals surface area (Å²) in [5, 5.41) is 5.51. The molecule has 3 aromatic rings. The summed E-state index contributed by atoms with van der Waals surface area (Å²) < 4.78 is 13.7. The topological polar surface area (TPSA) is 141 Å². The molecule has 1 aliphatic heterocycles. The van der Waals surface area contributed by atoms with E-state index >= 15 is 0 Å². The molecule has 1 fully saturated rings. The Balaban J connectivity index is 1.28. The van der Waals surface area contributed by atoms with E-state index in [2.05, 4.69) is 22.5 Å². The maximum absolute atomic E-state index is 13.4. The first-order chi connectivity index (χ1) is 21.1. The summed E-state index contributed by atoms with van der Waals surface area (Å²) in [6.07, 6.45) is 5.12. The number of nitrogens with zero attached hydrogens (tertiary/aromatic N) is 3. The van der Waals surface area contributed by atoms with E-state index in [1.807, 2.05) is 59.2 Å². The maximum Gasteiger partial charge on any atom is 0.410 e. The number of nitrogens with two attached hydrogens (primary N) is 1. The zero-order valence-electron chi connectivity index (χ0n) is 25.6. The molecule has 2 aliphatic rings. The number of hydrogen-bond acceptors (Lipinski definition) is 7. The van der Waals surface area contributed by atoms with E-state index in [1.165, 1.54) is 0 Å². The second-order valence-electron chi connectivity index (χ2n) is 12.4. The molecule has 2 aromatic carbocycles. The van der Waals surface area contributed by atoms with Crippen molar-refractivity contribution in [1.29, 1.82) is 0 Å². The number of amides is 3. The lowest BCUT2D eigenvalue weighted by Crippen LogP contribution is -2.56. The molecule has 4 N–H and O–H groups in total. The van der Waals surface area contributed by atoms with Gasteiger partial charge in [-0.2, -0.15) is 0 Å². The summed E-state index contributed by atoms with van der Waals surface area (Å²) in [5.74, 6) is -0.0760. The first-order valence-corrected chi connectivity index (χ1v) is 15.2. The molecular formula is C33H42N6O5. The molecule has 0 radical (unpaired) electrons. The molecule has 0 saturated carbocycles. The van der Waals surface area contributed by atoms with E-state index in [0.717, 1.165) is 29.5 Å². The van der Waals surface area contributed by atoms with Crippen LogP contribution in [0.15, 0.2) is 67.1 Å². The molecule has 44 heavy (non-hydrogen) atoms. The number of likely N-dealkylation sites (tertiary alicyclic amines) is 1. The van der Waals surface area contributed by atoms with Crippen LogP contribution in [0.3, 0.4) is 0 Å². The van der Waals surface area contributed by atoms with Gasteiger partial charge in [-0.1, -0.05) is 61.5 Å². The number of aromatic nitrogens is 2. The van der Waals surface area contributed by atoms with Crippen LogP contribution >= 0.6 is 0 Å². The van der Waals surface area contributed by atoms with E-state index in [4.69, 9.17) is 15.2 Å². The lowest BCUT2D eigenvalue weighted by molar-refractivity contribution is -0.130. The minimum Gasteiger partial charge on any atom is -0.443 e. The van der Waals surface area contributed by atoms with Crippen molar-refractivity contribution in [3.63, 3.8) is 0 Å². The molecule has 11 nitrogen and oxygen atoms in total. The van der Waals surface area contributed by atoms with Gasteiger partial charge in [-0.25, -0.2) is 9.78 Å².